The molecule has 0 bridgehead atoms. The highest BCUT2D eigenvalue weighted by atomic mass is 32.2. The second kappa shape index (κ2) is 4.89. The minimum atomic E-state index is -3.73. The molecular weight excluding hydrogens is 291 g/mol. The van der Waals surface area contributed by atoms with E-state index >= 15 is 0 Å². The Morgan fingerprint density at radius 1 is 1.10 bits per heavy atom. The van der Waals surface area contributed by atoms with E-state index in [4.69, 9.17) is 0 Å². The first-order chi connectivity index (χ1) is 9.95. The summed E-state index contributed by atoms with van der Waals surface area (Å²) in [4.78, 5) is 3.05. The molecule has 0 radical (unpaired) electrons. The number of aromatic nitrogens is 1. The van der Waals surface area contributed by atoms with Crippen LogP contribution in [0.1, 0.15) is 5.56 Å². The molecule has 3 rings (SSSR count). The summed E-state index contributed by atoms with van der Waals surface area (Å²) in [5.41, 5.74) is 1.58. The normalized spacial score (nSPS) is 11.7. The number of benzene rings is 2. The maximum absolute atomic E-state index is 13.2. The monoisotopic (exact) mass is 304 g/mol. The molecule has 2 aromatic carbocycles. The van der Waals surface area contributed by atoms with Crippen LogP contribution in [0.15, 0.2) is 53.6 Å². The number of nitrogens with one attached hydrogen (secondary N) is 2. The van der Waals surface area contributed by atoms with Crippen molar-refractivity contribution < 1.29 is 12.8 Å². The lowest BCUT2D eigenvalue weighted by Crippen LogP contribution is -2.13. The molecule has 2 N–H and O–H groups in total. The number of hydrogen-bond donors (Lipinski definition) is 2. The fraction of sp³-hybridized carbons (Fsp3) is 0.0667. The molecule has 21 heavy (non-hydrogen) atoms. The zero-order valence-electron chi connectivity index (χ0n) is 11.2. The standard InChI is InChI=1S/C15H13FN2O2S/c1-10-8-13(4-5-14(10)16)21(19,20)18-12-3-2-11-6-7-17-15(11)9-12/h2-9,17-18H,1H3. The Kier molecular flexibility index (Phi) is 3.17. The smallest absolute Gasteiger partial charge is 0.261 e. The van der Waals surface area contributed by atoms with E-state index in [1.807, 2.05) is 12.1 Å². The Morgan fingerprint density at radius 2 is 1.90 bits per heavy atom. The third kappa shape index (κ3) is 2.62. The minimum absolute atomic E-state index is 0.0352. The Bertz CT molecular complexity index is 916. The molecule has 6 heteroatoms. The topological polar surface area (TPSA) is 62.0 Å². The molecule has 108 valence electrons. The van der Waals surface area contributed by atoms with Crippen LogP contribution in [0.5, 0.6) is 0 Å². The maximum atomic E-state index is 13.2. The largest absolute Gasteiger partial charge is 0.361 e. The van der Waals surface area contributed by atoms with Crippen molar-refractivity contribution in [3.05, 3.63) is 60.0 Å². The van der Waals surface area contributed by atoms with Crippen LogP contribution >= 0.6 is 0 Å². The first kappa shape index (κ1) is 13.6. The quantitative estimate of drug-likeness (QED) is 0.779. The van der Waals surface area contributed by atoms with Gasteiger partial charge in [-0.1, -0.05) is 6.07 Å². The van der Waals surface area contributed by atoms with Crippen LogP contribution < -0.4 is 4.72 Å². The highest BCUT2D eigenvalue weighted by molar-refractivity contribution is 7.92. The van der Waals surface area contributed by atoms with Gasteiger partial charge in [0.25, 0.3) is 10.0 Å². The van der Waals surface area contributed by atoms with E-state index in [0.717, 1.165) is 17.0 Å². The van der Waals surface area contributed by atoms with Crippen LogP contribution in [0.25, 0.3) is 10.9 Å². The summed E-state index contributed by atoms with van der Waals surface area (Å²) >= 11 is 0. The number of sulfonamides is 1. The number of aryl methyl sites for hydroxylation is 1. The molecule has 1 heterocycles. The highest BCUT2D eigenvalue weighted by Crippen LogP contribution is 2.22. The second-order valence-electron chi connectivity index (χ2n) is 4.80. The lowest BCUT2D eigenvalue weighted by Gasteiger charge is -2.09. The molecule has 0 atom stereocenters. The van der Waals surface area contributed by atoms with Gasteiger partial charge in [0.05, 0.1) is 10.6 Å². The van der Waals surface area contributed by atoms with E-state index in [9.17, 15) is 12.8 Å². The van der Waals surface area contributed by atoms with E-state index < -0.39 is 15.8 Å². The number of fused-ring (bicyclic) bond motifs is 1. The van der Waals surface area contributed by atoms with Crippen LogP contribution in [0.3, 0.4) is 0 Å². The predicted octanol–water partition coefficient (Wildman–Crippen LogP) is 3.42. The number of aromatic amines is 1. The van der Waals surface area contributed by atoms with Gasteiger partial charge in [0.1, 0.15) is 5.82 Å². The molecule has 1 aromatic heterocycles. The highest BCUT2D eigenvalue weighted by Gasteiger charge is 2.15. The van der Waals surface area contributed by atoms with Crippen molar-refractivity contribution in [2.45, 2.75) is 11.8 Å². The van der Waals surface area contributed by atoms with Crippen LogP contribution in [0, 0.1) is 12.7 Å². The summed E-state index contributed by atoms with van der Waals surface area (Å²) in [6, 6.07) is 10.8. The lowest BCUT2D eigenvalue weighted by molar-refractivity contribution is 0.598. The van der Waals surface area contributed by atoms with E-state index in [1.165, 1.54) is 19.1 Å². The van der Waals surface area contributed by atoms with Gasteiger partial charge in [-0.3, -0.25) is 4.72 Å². The van der Waals surface area contributed by atoms with Gasteiger partial charge >= 0.3 is 0 Å². The van der Waals surface area contributed by atoms with Gasteiger partial charge in [-0.25, -0.2) is 12.8 Å². The van der Waals surface area contributed by atoms with Crippen LogP contribution in [-0.2, 0) is 10.0 Å². The number of halogens is 1. The molecule has 0 aliphatic carbocycles. The summed E-state index contributed by atoms with van der Waals surface area (Å²) in [6.07, 6.45) is 1.78. The number of anilines is 1. The summed E-state index contributed by atoms with van der Waals surface area (Å²) in [6.45, 7) is 1.53. The summed E-state index contributed by atoms with van der Waals surface area (Å²) in [5, 5.41) is 0.996. The van der Waals surface area contributed by atoms with Crippen molar-refractivity contribution in [1.29, 1.82) is 0 Å². The molecule has 0 fully saturated rings. The van der Waals surface area contributed by atoms with E-state index in [2.05, 4.69) is 9.71 Å². The van der Waals surface area contributed by atoms with E-state index in [-0.39, 0.29) is 10.5 Å². The van der Waals surface area contributed by atoms with Gasteiger partial charge in [0, 0.05) is 11.7 Å². The third-order valence-electron chi connectivity index (χ3n) is 3.25. The number of H-pyrrole nitrogens is 1. The lowest BCUT2D eigenvalue weighted by atomic mass is 10.2. The molecule has 0 aliphatic heterocycles. The predicted molar refractivity (Wildman–Crippen MR) is 80.2 cm³/mol. The van der Waals surface area contributed by atoms with E-state index in [1.54, 1.807) is 18.3 Å². The number of hydrogen-bond acceptors (Lipinski definition) is 2. The fourth-order valence-corrected chi connectivity index (χ4v) is 3.24. The van der Waals surface area contributed by atoms with Crippen LogP contribution in [0.4, 0.5) is 10.1 Å². The zero-order valence-corrected chi connectivity index (χ0v) is 12.0. The second-order valence-corrected chi connectivity index (χ2v) is 6.48. The molecule has 0 amide bonds. The third-order valence-corrected chi connectivity index (χ3v) is 4.63. The van der Waals surface area contributed by atoms with Crippen molar-refractivity contribution in [3.63, 3.8) is 0 Å². The van der Waals surface area contributed by atoms with Crippen molar-refractivity contribution in [3.8, 4) is 0 Å². The number of rotatable bonds is 3. The van der Waals surface area contributed by atoms with Gasteiger partial charge in [-0.15, -0.1) is 0 Å². The van der Waals surface area contributed by atoms with E-state index in [0.29, 0.717) is 5.69 Å². The molecular formula is C15H13FN2O2S. The molecule has 0 saturated heterocycles. The SMILES string of the molecule is Cc1cc(S(=O)(=O)Nc2ccc3cc[nH]c3c2)ccc1F. The first-order valence-corrected chi connectivity index (χ1v) is 7.80. The Morgan fingerprint density at radius 3 is 2.67 bits per heavy atom. The Hall–Kier alpha value is -2.34. The summed E-state index contributed by atoms with van der Waals surface area (Å²) in [5.74, 6) is -0.429. The Labute approximate surface area is 121 Å². The summed E-state index contributed by atoms with van der Waals surface area (Å²) in [7, 11) is -3.73. The van der Waals surface area contributed by atoms with Gasteiger partial charge in [-0.2, -0.15) is 0 Å². The molecule has 0 saturated carbocycles. The molecule has 3 aromatic rings. The van der Waals surface area contributed by atoms with Crippen LogP contribution in [-0.4, -0.2) is 13.4 Å². The van der Waals surface area contributed by atoms with Gasteiger partial charge in [0.15, 0.2) is 0 Å². The van der Waals surface area contributed by atoms with Crippen molar-refractivity contribution in [1.82, 2.24) is 4.98 Å². The summed E-state index contributed by atoms with van der Waals surface area (Å²) < 4.78 is 40.3. The van der Waals surface area contributed by atoms with Crippen LogP contribution in [0.2, 0.25) is 0 Å². The minimum Gasteiger partial charge on any atom is -0.361 e. The molecule has 0 spiro atoms. The van der Waals surface area contributed by atoms with Gasteiger partial charge in [0.2, 0.25) is 0 Å². The molecule has 0 aliphatic rings. The average Bonchev–Trinajstić information content (AvgIpc) is 2.88. The zero-order chi connectivity index (χ0) is 15.0. The average molecular weight is 304 g/mol. The maximum Gasteiger partial charge on any atom is 0.261 e. The van der Waals surface area contributed by atoms with Crippen molar-refractivity contribution >= 4 is 26.6 Å². The van der Waals surface area contributed by atoms with Gasteiger partial charge < -0.3 is 4.98 Å². The van der Waals surface area contributed by atoms with Crippen molar-refractivity contribution in [2.24, 2.45) is 0 Å². The first-order valence-electron chi connectivity index (χ1n) is 6.32. The fourth-order valence-electron chi connectivity index (χ4n) is 2.11. The Balaban J connectivity index is 1.96. The van der Waals surface area contributed by atoms with Crippen molar-refractivity contribution in [2.75, 3.05) is 4.72 Å². The van der Waals surface area contributed by atoms with Gasteiger partial charge in [-0.05, 0) is 54.3 Å². The molecule has 0 unspecified atom stereocenters. The molecule has 4 nitrogen and oxygen atoms in total.